The van der Waals surface area contributed by atoms with Crippen molar-refractivity contribution in [2.24, 2.45) is 5.92 Å². The van der Waals surface area contributed by atoms with Crippen LogP contribution in [0.25, 0.3) is 0 Å². The summed E-state index contributed by atoms with van der Waals surface area (Å²) in [7, 11) is 0. The van der Waals surface area contributed by atoms with Gasteiger partial charge in [-0.15, -0.1) is 0 Å². The Balaban J connectivity index is 1.22. The van der Waals surface area contributed by atoms with Gasteiger partial charge < -0.3 is 24.0 Å². The van der Waals surface area contributed by atoms with Crippen molar-refractivity contribution in [3.05, 3.63) is 30.3 Å². The normalized spacial score (nSPS) is 25.6. The Labute approximate surface area is 155 Å². The van der Waals surface area contributed by atoms with E-state index in [0.717, 1.165) is 51.4 Å². The molecule has 142 valence electrons. The van der Waals surface area contributed by atoms with Gasteiger partial charge in [-0.1, -0.05) is 18.2 Å². The van der Waals surface area contributed by atoms with Gasteiger partial charge in [0, 0.05) is 39.1 Å². The van der Waals surface area contributed by atoms with Crippen LogP contribution in [0.2, 0.25) is 0 Å². The lowest BCUT2D eigenvalue weighted by Gasteiger charge is -2.38. The summed E-state index contributed by atoms with van der Waals surface area (Å²) >= 11 is 0. The second-order valence-corrected chi connectivity index (χ2v) is 7.66. The number of benzene rings is 1. The van der Waals surface area contributed by atoms with Gasteiger partial charge in [0.1, 0.15) is 18.0 Å². The Hall–Kier alpha value is -1.79. The molecule has 3 heterocycles. The summed E-state index contributed by atoms with van der Waals surface area (Å²) in [5.41, 5.74) is -0.299. The molecule has 1 unspecified atom stereocenters. The molecule has 6 nitrogen and oxygen atoms in total. The van der Waals surface area contributed by atoms with Crippen LogP contribution in [0.5, 0.6) is 5.75 Å². The molecule has 6 heteroatoms. The van der Waals surface area contributed by atoms with Gasteiger partial charge in [-0.3, -0.25) is 0 Å². The highest BCUT2D eigenvalue weighted by atomic mass is 16.6. The predicted molar refractivity (Wildman–Crippen MR) is 97.3 cm³/mol. The zero-order chi connectivity index (χ0) is 17.8. The molecule has 0 N–H and O–H groups in total. The molecule has 26 heavy (non-hydrogen) atoms. The maximum atomic E-state index is 12.3. The number of para-hydroxylation sites is 1. The van der Waals surface area contributed by atoms with Gasteiger partial charge in [-0.25, -0.2) is 4.79 Å². The average molecular weight is 360 g/mol. The fraction of sp³-hybridized carbons (Fsp3) is 0.650. The number of hydrogen-bond acceptors (Lipinski definition) is 5. The number of ether oxygens (including phenoxy) is 3. The minimum Gasteiger partial charge on any atom is -0.492 e. The first-order valence-electron chi connectivity index (χ1n) is 9.68. The first-order chi connectivity index (χ1) is 12.7. The van der Waals surface area contributed by atoms with E-state index < -0.39 is 0 Å². The Morgan fingerprint density at radius 3 is 2.73 bits per heavy atom. The van der Waals surface area contributed by atoms with Gasteiger partial charge in [0.15, 0.2) is 0 Å². The first kappa shape index (κ1) is 17.6. The van der Waals surface area contributed by atoms with Crippen LogP contribution in [0.3, 0.4) is 0 Å². The summed E-state index contributed by atoms with van der Waals surface area (Å²) in [6.45, 7) is 6.65. The van der Waals surface area contributed by atoms with Crippen molar-refractivity contribution < 1.29 is 19.0 Å². The molecule has 3 saturated heterocycles. The SMILES string of the molecule is O=C1OC2(CCN(CC3CCOC3)CC2)CN1CCOc1ccccc1. The lowest BCUT2D eigenvalue weighted by Crippen LogP contribution is -2.48. The van der Waals surface area contributed by atoms with Gasteiger partial charge in [0.05, 0.1) is 19.7 Å². The summed E-state index contributed by atoms with van der Waals surface area (Å²) in [5, 5.41) is 0. The highest BCUT2D eigenvalue weighted by Gasteiger charge is 2.46. The van der Waals surface area contributed by atoms with Gasteiger partial charge >= 0.3 is 6.09 Å². The number of carbonyl (C=O) groups excluding carboxylic acids is 1. The molecule has 0 bridgehead atoms. The van der Waals surface area contributed by atoms with Crippen LogP contribution in [0.4, 0.5) is 4.79 Å². The molecule has 3 aliphatic rings. The number of nitrogens with zero attached hydrogens (tertiary/aromatic N) is 2. The lowest BCUT2D eigenvalue weighted by atomic mass is 9.90. The van der Waals surface area contributed by atoms with E-state index in [9.17, 15) is 4.79 Å². The number of likely N-dealkylation sites (tertiary alicyclic amines) is 1. The Morgan fingerprint density at radius 1 is 1.19 bits per heavy atom. The third-order valence-electron chi connectivity index (χ3n) is 5.72. The second-order valence-electron chi connectivity index (χ2n) is 7.66. The van der Waals surface area contributed by atoms with Gasteiger partial charge in [0.25, 0.3) is 0 Å². The van der Waals surface area contributed by atoms with Crippen molar-refractivity contribution in [2.45, 2.75) is 24.9 Å². The summed E-state index contributed by atoms with van der Waals surface area (Å²) in [6, 6.07) is 9.70. The first-order valence-corrected chi connectivity index (χ1v) is 9.68. The van der Waals surface area contributed by atoms with Crippen LogP contribution in [-0.4, -0.2) is 74.0 Å². The largest absolute Gasteiger partial charge is 0.492 e. The van der Waals surface area contributed by atoms with E-state index >= 15 is 0 Å². The lowest BCUT2D eigenvalue weighted by molar-refractivity contribution is -0.00293. The zero-order valence-electron chi connectivity index (χ0n) is 15.3. The van der Waals surface area contributed by atoms with Gasteiger partial charge in [-0.05, 0) is 24.5 Å². The summed E-state index contributed by atoms with van der Waals surface area (Å²) in [6.07, 6.45) is 2.82. The molecule has 0 radical (unpaired) electrons. The summed E-state index contributed by atoms with van der Waals surface area (Å²) < 4.78 is 17.0. The second kappa shape index (κ2) is 7.84. The van der Waals surface area contributed by atoms with Crippen molar-refractivity contribution in [1.82, 2.24) is 9.80 Å². The van der Waals surface area contributed by atoms with E-state index in [4.69, 9.17) is 14.2 Å². The van der Waals surface area contributed by atoms with Crippen molar-refractivity contribution in [3.8, 4) is 5.75 Å². The molecule has 0 saturated carbocycles. The van der Waals surface area contributed by atoms with Crippen molar-refractivity contribution in [1.29, 1.82) is 0 Å². The molecule has 0 aliphatic carbocycles. The Bertz CT molecular complexity index is 595. The zero-order valence-corrected chi connectivity index (χ0v) is 15.3. The summed E-state index contributed by atoms with van der Waals surface area (Å²) in [5.74, 6) is 1.50. The number of amides is 1. The average Bonchev–Trinajstić information content (AvgIpc) is 3.27. The third kappa shape index (κ3) is 4.13. The van der Waals surface area contributed by atoms with E-state index in [2.05, 4.69) is 4.90 Å². The fourth-order valence-corrected chi connectivity index (χ4v) is 4.15. The maximum Gasteiger partial charge on any atom is 0.410 e. The van der Waals surface area contributed by atoms with E-state index in [1.54, 1.807) is 4.90 Å². The Kier molecular flexibility index (Phi) is 5.31. The van der Waals surface area contributed by atoms with Crippen LogP contribution in [0.1, 0.15) is 19.3 Å². The molecule has 4 rings (SSSR count). The van der Waals surface area contributed by atoms with Crippen LogP contribution in [0, 0.1) is 5.92 Å². The highest BCUT2D eigenvalue weighted by Crippen LogP contribution is 2.33. The number of rotatable bonds is 6. The van der Waals surface area contributed by atoms with Crippen LogP contribution >= 0.6 is 0 Å². The molecule has 0 aromatic heterocycles. The maximum absolute atomic E-state index is 12.3. The highest BCUT2D eigenvalue weighted by molar-refractivity contribution is 5.70. The fourth-order valence-electron chi connectivity index (χ4n) is 4.15. The van der Waals surface area contributed by atoms with Crippen molar-refractivity contribution >= 4 is 6.09 Å². The minimum absolute atomic E-state index is 0.195. The summed E-state index contributed by atoms with van der Waals surface area (Å²) in [4.78, 5) is 16.6. The smallest absolute Gasteiger partial charge is 0.410 e. The topological polar surface area (TPSA) is 51.2 Å². The van der Waals surface area contributed by atoms with Crippen LogP contribution in [-0.2, 0) is 9.47 Å². The molecular formula is C20H28N2O4. The van der Waals surface area contributed by atoms with E-state index in [1.807, 2.05) is 30.3 Å². The van der Waals surface area contributed by atoms with Gasteiger partial charge in [-0.2, -0.15) is 0 Å². The van der Waals surface area contributed by atoms with Gasteiger partial charge in [0.2, 0.25) is 0 Å². The molecule has 3 fully saturated rings. The van der Waals surface area contributed by atoms with Crippen molar-refractivity contribution in [2.75, 3.05) is 52.5 Å². The molecule has 1 aromatic rings. The number of hydrogen-bond donors (Lipinski definition) is 0. The van der Waals surface area contributed by atoms with E-state index in [1.165, 1.54) is 6.42 Å². The van der Waals surface area contributed by atoms with E-state index in [-0.39, 0.29) is 11.7 Å². The molecule has 1 aromatic carbocycles. The predicted octanol–water partition coefficient (Wildman–Crippen LogP) is 2.39. The number of carbonyl (C=O) groups is 1. The Morgan fingerprint density at radius 2 is 2.00 bits per heavy atom. The molecule has 1 spiro atoms. The minimum atomic E-state index is -0.299. The third-order valence-corrected chi connectivity index (χ3v) is 5.72. The van der Waals surface area contributed by atoms with Crippen LogP contribution in [0.15, 0.2) is 30.3 Å². The van der Waals surface area contributed by atoms with E-state index in [0.29, 0.717) is 25.6 Å². The van der Waals surface area contributed by atoms with Crippen LogP contribution < -0.4 is 4.74 Å². The molecule has 3 aliphatic heterocycles. The van der Waals surface area contributed by atoms with Crippen molar-refractivity contribution in [3.63, 3.8) is 0 Å². The standard InChI is InChI=1S/C20H28N2O4/c23-19-22(11-13-25-18-4-2-1-3-5-18)16-20(26-19)7-9-21(10-8-20)14-17-6-12-24-15-17/h1-5,17H,6-16H2. The quantitative estimate of drug-likeness (QED) is 0.780. The molecule has 1 atom stereocenters. The molecule has 1 amide bonds. The monoisotopic (exact) mass is 360 g/mol. The number of piperidine rings is 1. The molecular weight excluding hydrogens is 332 g/mol.